The fourth-order valence-electron chi connectivity index (χ4n) is 2.94. The maximum Gasteiger partial charge on any atom is 0.416 e. The summed E-state index contributed by atoms with van der Waals surface area (Å²) in [6.07, 6.45) is -2.69. The number of ether oxygens (including phenoxy) is 1. The minimum Gasteiger partial charge on any atom is -0.487 e. The number of hydrogen-bond acceptors (Lipinski definition) is 6. The van der Waals surface area contributed by atoms with Crippen molar-refractivity contribution < 1.29 is 22.7 Å². The Morgan fingerprint density at radius 1 is 1.24 bits per heavy atom. The number of alkyl halides is 3. The molecule has 3 rings (SSSR count). The first-order chi connectivity index (χ1) is 15.7. The monoisotopic (exact) mass is 462 g/mol. The fourth-order valence-corrected chi connectivity index (χ4v) is 2.94. The van der Waals surface area contributed by atoms with E-state index in [-0.39, 0.29) is 18.9 Å². The van der Waals surface area contributed by atoms with Crippen LogP contribution in [0.15, 0.2) is 46.5 Å². The van der Waals surface area contributed by atoms with Gasteiger partial charge in [0.05, 0.1) is 29.7 Å². The van der Waals surface area contributed by atoms with Crippen molar-refractivity contribution in [2.45, 2.75) is 26.6 Å². The number of hydrogen-bond donors (Lipinski definition) is 0. The highest BCUT2D eigenvalue weighted by molar-refractivity contribution is 5.87. The van der Waals surface area contributed by atoms with Gasteiger partial charge < -0.3 is 14.5 Å². The average Bonchev–Trinajstić information content (AvgIpc) is 3.16. The van der Waals surface area contributed by atoms with Crippen molar-refractivity contribution in [2.24, 2.45) is 10.1 Å². The molecular weight excluding hydrogens is 437 g/mol. The zero-order valence-electron chi connectivity index (χ0n) is 18.8. The summed E-state index contributed by atoms with van der Waals surface area (Å²) in [5.74, 6) is 0.0764. The van der Waals surface area contributed by atoms with Gasteiger partial charge in [-0.1, -0.05) is 16.4 Å². The molecule has 0 amide bonds. The molecule has 0 atom stereocenters. The standard InChI is InChI=1S/C22H25F3N6O2/c1-5-30(3)14-26-19-11-20-21(9-15(19)2)31(29-27-20)12-17(28-32-4)13-33-18-8-6-7-16(10-18)22(23,24)25/h6-11,14H,5,12-13H2,1-4H3/b26-14?,28-17-. The predicted molar refractivity (Wildman–Crippen MR) is 120 cm³/mol. The van der Waals surface area contributed by atoms with E-state index in [2.05, 4.69) is 20.5 Å². The van der Waals surface area contributed by atoms with Crippen LogP contribution >= 0.6 is 0 Å². The Bertz CT molecular complexity index is 1160. The minimum absolute atomic E-state index is 0.0764. The first-order valence-corrected chi connectivity index (χ1v) is 10.2. The Morgan fingerprint density at radius 2 is 2.03 bits per heavy atom. The molecule has 0 bridgehead atoms. The van der Waals surface area contributed by atoms with Gasteiger partial charge in [-0.3, -0.25) is 0 Å². The molecule has 33 heavy (non-hydrogen) atoms. The van der Waals surface area contributed by atoms with Crippen LogP contribution in [-0.4, -0.2) is 59.3 Å². The Labute approximate surface area is 189 Å². The Balaban J connectivity index is 1.77. The number of aromatic nitrogens is 3. The molecule has 0 aliphatic rings. The SMILES string of the molecule is CCN(C)C=Nc1cc2nnn(C/C(COc3cccc(C(F)(F)F)c3)=N/OC)c2cc1C. The molecular formula is C22H25F3N6O2. The van der Waals surface area contributed by atoms with E-state index < -0.39 is 11.7 Å². The number of fused-ring (bicyclic) bond motifs is 1. The van der Waals surface area contributed by atoms with Gasteiger partial charge in [0.2, 0.25) is 0 Å². The summed E-state index contributed by atoms with van der Waals surface area (Å²) in [7, 11) is 3.32. The van der Waals surface area contributed by atoms with Gasteiger partial charge in [0.25, 0.3) is 0 Å². The van der Waals surface area contributed by atoms with Crippen molar-refractivity contribution in [3.8, 4) is 5.75 Å². The number of aryl methyl sites for hydroxylation is 1. The van der Waals surface area contributed by atoms with E-state index in [4.69, 9.17) is 9.57 Å². The molecule has 8 nitrogen and oxygen atoms in total. The number of oxime groups is 1. The van der Waals surface area contributed by atoms with E-state index in [1.807, 2.05) is 37.9 Å². The molecule has 0 unspecified atom stereocenters. The van der Waals surface area contributed by atoms with Crippen LogP contribution in [0.2, 0.25) is 0 Å². The fraction of sp³-hybridized carbons (Fsp3) is 0.364. The average molecular weight is 462 g/mol. The summed E-state index contributed by atoms with van der Waals surface area (Å²) < 4.78 is 45.9. The number of benzene rings is 2. The van der Waals surface area contributed by atoms with Crippen molar-refractivity contribution in [2.75, 3.05) is 27.3 Å². The van der Waals surface area contributed by atoms with E-state index in [0.717, 1.165) is 35.4 Å². The van der Waals surface area contributed by atoms with Crippen LogP contribution in [0.3, 0.4) is 0 Å². The number of nitrogens with zero attached hydrogens (tertiary/aromatic N) is 6. The second kappa shape index (κ2) is 10.3. The van der Waals surface area contributed by atoms with Crippen molar-refractivity contribution in [1.82, 2.24) is 19.9 Å². The third kappa shape index (κ3) is 6.21. The van der Waals surface area contributed by atoms with E-state index in [9.17, 15) is 13.2 Å². The number of halogens is 3. The molecule has 2 aromatic carbocycles. The highest BCUT2D eigenvalue weighted by atomic mass is 19.4. The van der Waals surface area contributed by atoms with Crippen LogP contribution in [0.25, 0.3) is 11.0 Å². The predicted octanol–water partition coefficient (Wildman–Crippen LogP) is 4.45. The molecule has 1 heterocycles. The van der Waals surface area contributed by atoms with Crippen LogP contribution in [0.4, 0.5) is 18.9 Å². The van der Waals surface area contributed by atoms with Gasteiger partial charge in [-0.2, -0.15) is 13.2 Å². The zero-order chi connectivity index (χ0) is 24.0. The van der Waals surface area contributed by atoms with E-state index in [1.165, 1.54) is 19.2 Å². The zero-order valence-corrected chi connectivity index (χ0v) is 18.8. The second-order valence-electron chi connectivity index (χ2n) is 7.35. The van der Waals surface area contributed by atoms with Gasteiger partial charge in [0.15, 0.2) is 0 Å². The summed E-state index contributed by atoms with van der Waals surface area (Å²) in [6, 6.07) is 8.44. The van der Waals surface area contributed by atoms with Gasteiger partial charge in [0, 0.05) is 13.6 Å². The molecule has 0 saturated heterocycles. The molecule has 0 aliphatic carbocycles. The third-order valence-corrected chi connectivity index (χ3v) is 4.84. The smallest absolute Gasteiger partial charge is 0.416 e. The van der Waals surface area contributed by atoms with Gasteiger partial charge in [-0.25, -0.2) is 9.67 Å². The molecule has 0 saturated carbocycles. The van der Waals surface area contributed by atoms with Gasteiger partial charge in [-0.05, 0) is 49.7 Å². The lowest BCUT2D eigenvalue weighted by Gasteiger charge is -2.12. The van der Waals surface area contributed by atoms with Gasteiger partial charge in [-0.15, -0.1) is 5.10 Å². The first kappa shape index (κ1) is 24.0. The minimum atomic E-state index is -4.45. The Kier molecular flexibility index (Phi) is 7.52. The van der Waals surface area contributed by atoms with Crippen molar-refractivity contribution >= 4 is 28.8 Å². The molecule has 0 N–H and O–H groups in total. The van der Waals surface area contributed by atoms with Crippen LogP contribution in [0.1, 0.15) is 18.1 Å². The highest BCUT2D eigenvalue weighted by Gasteiger charge is 2.30. The maximum absolute atomic E-state index is 12.9. The lowest BCUT2D eigenvalue weighted by Crippen LogP contribution is -2.20. The number of aliphatic imine (C=N–C) groups is 1. The van der Waals surface area contributed by atoms with Crippen LogP contribution in [-0.2, 0) is 17.6 Å². The lowest BCUT2D eigenvalue weighted by molar-refractivity contribution is -0.137. The summed E-state index contributed by atoms with van der Waals surface area (Å²) >= 11 is 0. The van der Waals surface area contributed by atoms with Crippen LogP contribution in [0, 0.1) is 6.92 Å². The summed E-state index contributed by atoms with van der Waals surface area (Å²) in [5, 5.41) is 12.3. The lowest BCUT2D eigenvalue weighted by atomic mass is 10.2. The van der Waals surface area contributed by atoms with Crippen LogP contribution in [0.5, 0.6) is 5.75 Å². The summed E-state index contributed by atoms with van der Waals surface area (Å²) in [5.41, 5.74) is 2.78. The summed E-state index contributed by atoms with van der Waals surface area (Å²) in [6.45, 7) is 4.91. The second-order valence-corrected chi connectivity index (χ2v) is 7.35. The van der Waals surface area contributed by atoms with Gasteiger partial charge in [0.1, 0.15) is 30.7 Å². The molecule has 176 valence electrons. The molecule has 0 fully saturated rings. The summed E-state index contributed by atoms with van der Waals surface area (Å²) in [4.78, 5) is 11.3. The molecule has 3 aromatic rings. The van der Waals surface area contributed by atoms with Gasteiger partial charge >= 0.3 is 6.18 Å². The molecule has 0 radical (unpaired) electrons. The Hall–Kier alpha value is -3.63. The van der Waals surface area contributed by atoms with Crippen molar-refractivity contribution in [3.63, 3.8) is 0 Å². The largest absolute Gasteiger partial charge is 0.487 e. The Morgan fingerprint density at radius 3 is 2.73 bits per heavy atom. The molecule has 0 aliphatic heterocycles. The normalized spacial score (nSPS) is 12.5. The molecule has 0 spiro atoms. The van der Waals surface area contributed by atoms with E-state index in [1.54, 1.807) is 11.0 Å². The highest BCUT2D eigenvalue weighted by Crippen LogP contribution is 2.31. The van der Waals surface area contributed by atoms with Crippen molar-refractivity contribution in [1.29, 1.82) is 0 Å². The van der Waals surface area contributed by atoms with Crippen molar-refractivity contribution in [3.05, 3.63) is 47.5 Å². The first-order valence-electron chi connectivity index (χ1n) is 10.2. The maximum atomic E-state index is 12.9. The topological polar surface area (TPSA) is 77.1 Å². The van der Waals surface area contributed by atoms with E-state index >= 15 is 0 Å². The number of rotatable bonds is 9. The quantitative estimate of drug-likeness (QED) is 0.267. The third-order valence-electron chi connectivity index (χ3n) is 4.84. The van der Waals surface area contributed by atoms with E-state index in [0.29, 0.717) is 11.2 Å². The van der Waals surface area contributed by atoms with Crippen LogP contribution < -0.4 is 4.74 Å². The molecule has 1 aromatic heterocycles. The molecule has 11 heteroatoms.